The molecular formula is C12H8F2O2S. The number of carbonyl (C=O) groups is 1. The van der Waals surface area contributed by atoms with Crippen LogP contribution in [-0.2, 0) is 0 Å². The van der Waals surface area contributed by atoms with Gasteiger partial charge in [0.2, 0.25) is 5.78 Å². The molecule has 5 heteroatoms. The predicted octanol–water partition coefficient (Wildman–Crippen LogP) is 3.27. The lowest BCUT2D eigenvalue weighted by Crippen LogP contribution is -2.02. The zero-order valence-electron chi connectivity index (χ0n) is 8.87. The summed E-state index contributed by atoms with van der Waals surface area (Å²) in [5, 5.41) is 1.68. The molecule has 0 radical (unpaired) electrons. The van der Waals surface area contributed by atoms with Gasteiger partial charge in [-0.2, -0.15) is 0 Å². The normalized spacial score (nSPS) is 10.3. The van der Waals surface area contributed by atoms with E-state index in [1.165, 1.54) is 18.4 Å². The van der Waals surface area contributed by atoms with Crippen LogP contribution in [-0.4, -0.2) is 12.9 Å². The Kier molecular flexibility index (Phi) is 3.19. The minimum absolute atomic E-state index is 0.0248. The third kappa shape index (κ3) is 2.34. The first kappa shape index (κ1) is 11.7. The fourth-order valence-electron chi connectivity index (χ4n) is 1.44. The molecule has 0 saturated carbocycles. The number of halogens is 2. The number of benzene rings is 1. The third-order valence-electron chi connectivity index (χ3n) is 2.18. The maximum atomic E-state index is 13.0. The summed E-state index contributed by atoms with van der Waals surface area (Å²) in [6, 6.07) is 4.37. The number of methoxy groups -OCH3 is 1. The van der Waals surface area contributed by atoms with E-state index in [1.54, 1.807) is 11.4 Å². The molecule has 1 aromatic heterocycles. The number of hydrogen-bond acceptors (Lipinski definition) is 3. The second-order valence-electron chi connectivity index (χ2n) is 3.31. The van der Waals surface area contributed by atoms with Gasteiger partial charge in [-0.1, -0.05) is 0 Å². The van der Waals surface area contributed by atoms with Crippen LogP contribution < -0.4 is 4.74 Å². The third-order valence-corrected chi connectivity index (χ3v) is 3.07. The van der Waals surface area contributed by atoms with Crippen molar-refractivity contribution in [2.75, 3.05) is 7.11 Å². The molecule has 0 bridgehead atoms. The standard InChI is InChI=1S/C12H8F2O2S/c1-16-10-2-3-17-12(10)11(15)7-4-8(13)6-9(14)5-7/h2-6H,1H3. The Hall–Kier alpha value is -1.75. The highest BCUT2D eigenvalue weighted by molar-refractivity contribution is 7.12. The highest BCUT2D eigenvalue weighted by Gasteiger charge is 2.17. The van der Waals surface area contributed by atoms with Gasteiger partial charge in [-0.15, -0.1) is 11.3 Å². The summed E-state index contributed by atoms with van der Waals surface area (Å²) in [4.78, 5) is 12.3. The Labute approximate surface area is 100 Å². The molecule has 0 aliphatic rings. The molecule has 1 aromatic carbocycles. The first-order valence-corrected chi connectivity index (χ1v) is 5.62. The number of ketones is 1. The van der Waals surface area contributed by atoms with Crippen LogP contribution in [0.25, 0.3) is 0 Å². The van der Waals surface area contributed by atoms with Gasteiger partial charge in [0.15, 0.2) is 0 Å². The molecule has 0 aliphatic heterocycles. The predicted molar refractivity (Wildman–Crippen MR) is 60.7 cm³/mol. The highest BCUT2D eigenvalue weighted by Crippen LogP contribution is 2.27. The molecule has 0 saturated heterocycles. The molecule has 0 unspecified atom stereocenters. The van der Waals surface area contributed by atoms with Crippen molar-refractivity contribution in [3.8, 4) is 5.75 Å². The lowest BCUT2D eigenvalue weighted by atomic mass is 10.1. The van der Waals surface area contributed by atoms with E-state index >= 15 is 0 Å². The Morgan fingerprint density at radius 2 is 1.88 bits per heavy atom. The summed E-state index contributed by atoms with van der Waals surface area (Å²) in [6.45, 7) is 0. The Morgan fingerprint density at radius 3 is 2.47 bits per heavy atom. The molecule has 0 amide bonds. The van der Waals surface area contributed by atoms with Gasteiger partial charge in [-0.05, 0) is 23.6 Å². The van der Waals surface area contributed by atoms with E-state index in [4.69, 9.17) is 4.74 Å². The van der Waals surface area contributed by atoms with Gasteiger partial charge in [0.05, 0.1) is 7.11 Å². The van der Waals surface area contributed by atoms with Crippen LogP contribution in [0.15, 0.2) is 29.6 Å². The van der Waals surface area contributed by atoms with Crippen molar-refractivity contribution in [3.63, 3.8) is 0 Å². The van der Waals surface area contributed by atoms with Crippen molar-refractivity contribution < 1.29 is 18.3 Å². The quantitative estimate of drug-likeness (QED) is 0.786. The lowest BCUT2D eigenvalue weighted by Gasteiger charge is -2.02. The number of thiophene rings is 1. The van der Waals surface area contributed by atoms with Crippen LogP contribution in [0.5, 0.6) is 5.75 Å². The van der Waals surface area contributed by atoms with Gasteiger partial charge in [0.25, 0.3) is 0 Å². The largest absolute Gasteiger partial charge is 0.495 e. The van der Waals surface area contributed by atoms with Crippen molar-refractivity contribution in [1.29, 1.82) is 0 Å². The molecule has 1 heterocycles. The molecule has 2 rings (SSSR count). The summed E-state index contributed by atoms with van der Waals surface area (Å²) in [7, 11) is 1.44. The molecule has 0 spiro atoms. The second-order valence-corrected chi connectivity index (χ2v) is 4.22. The van der Waals surface area contributed by atoms with E-state index in [0.29, 0.717) is 10.6 Å². The number of rotatable bonds is 3. The van der Waals surface area contributed by atoms with Crippen molar-refractivity contribution in [2.24, 2.45) is 0 Å². The summed E-state index contributed by atoms with van der Waals surface area (Å²) in [5.74, 6) is -1.59. The summed E-state index contributed by atoms with van der Waals surface area (Å²) in [6.07, 6.45) is 0. The summed E-state index contributed by atoms with van der Waals surface area (Å²) in [5.41, 5.74) is -0.0248. The maximum Gasteiger partial charge on any atom is 0.206 e. The molecule has 2 nitrogen and oxygen atoms in total. The zero-order valence-corrected chi connectivity index (χ0v) is 9.68. The second kappa shape index (κ2) is 4.63. The summed E-state index contributed by atoms with van der Waals surface area (Å²) < 4.78 is 31.0. The van der Waals surface area contributed by atoms with Gasteiger partial charge in [0.1, 0.15) is 22.3 Å². The van der Waals surface area contributed by atoms with E-state index in [9.17, 15) is 13.6 Å². The molecule has 2 aromatic rings. The SMILES string of the molecule is COc1ccsc1C(=O)c1cc(F)cc(F)c1. The van der Waals surface area contributed by atoms with E-state index < -0.39 is 17.4 Å². The Bertz CT molecular complexity index is 543. The van der Waals surface area contributed by atoms with E-state index in [0.717, 1.165) is 18.2 Å². The van der Waals surface area contributed by atoms with Crippen molar-refractivity contribution in [1.82, 2.24) is 0 Å². The first-order chi connectivity index (χ1) is 8.11. The molecular weight excluding hydrogens is 246 g/mol. The lowest BCUT2D eigenvalue weighted by molar-refractivity contribution is 0.103. The van der Waals surface area contributed by atoms with Crippen LogP contribution in [0.2, 0.25) is 0 Å². The van der Waals surface area contributed by atoms with Crippen LogP contribution in [0.3, 0.4) is 0 Å². The summed E-state index contributed by atoms with van der Waals surface area (Å²) >= 11 is 1.17. The van der Waals surface area contributed by atoms with Crippen LogP contribution in [0, 0.1) is 11.6 Å². The maximum absolute atomic E-state index is 13.0. The minimum atomic E-state index is -0.774. The molecule has 88 valence electrons. The highest BCUT2D eigenvalue weighted by atomic mass is 32.1. The van der Waals surface area contributed by atoms with Crippen LogP contribution >= 0.6 is 11.3 Å². The fourth-order valence-corrected chi connectivity index (χ4v) is 2.26. The van der Waals surface area contributed by atoms with Gasteiger partial charge in [0, 0.05) is 11.6 Å². The van der Waals surface area contributed by atoms with Gasteiger partial charge < -0.3 is 4.74 Å². The van der Waals surface area contributed by atoms with Crippen molar-refractivity contribution in [3.05, 3.63) is 51.7 Å². The number of hydrogen-bond donors (Lipinski definition) is 0. The van der Waals surface area contributed by atoms with Gasteiger partial charge >= 0.3 is 0 Å². The average Bonchev–Trinajstić information content (AvgIpc) is 2.74. The molecule has 0 N–H and O–H groups in total. The van der Waals surface area contributed by atoms with Crippen molar-refractivity contribution in [2.45, 2.75) is 0 Å². The molecule has 0 atom stereocenters. The zero-order chi connectivity index (χ0) is 12.4. The molecule has 0 aliphatic carbocycles. The topological polar surface area (TPSA) is 26.3 Å². The Balaban J connectivity index is 2.43. The number of ether oxygens (including phenoxy) is 1. The van der Waals surface area contributed by atoms with Crippen LogP contribution in [0.1, 0.15) is 15.2 Å². The van der Waals surface area contributed by atoms with E-state index in [2.05, 4.69) is 0 Å². The minimum Gasteiger partial charge on any atom is -0.495 e. The van der Waals surface area contributed by atoms with Gasteiger partial charge in [-0.3, -0.25) is 4.79 Å². The monoisotopic (exact) mass is 254 g/mol. The number of carbonyl (C=O) groups excluding carboxylic acids is 1. The first-order valence-electron chi connectivity index (χ1n) is 4.74. The van der Waals surface area contributed by atoms with E-state index in [1.807, 2.05) is 0 Å². The van der Waals surface area contributed by atoms with Crippen LogP contribution in [0.4, 0.5) is 8.78 Å². The fraction of sp³-hybridized carbons (Fsp3) is 0.0833. The molecule has 17 heavy (non-hydrogen) atoms. The molecule has 0 fully saturated rings. The van der Waals surface area contributed by atoms with Gasteiger partial charge in [-0.25, -0.2) is 8.78 Å². The smallest absolute Gasteiger partial charge is 0.206 e. The van der Waals surface area contributed by atoms with E-state index in [-0.39, 0.29) is 5.56 Å². The Morgan fingerprint density at radius 1 is 1.24 bits per heavy atom. The van der Waals surface area contributed by atoms with Crippen molar-refractivity contribution >= 4 is 17.1 Å². The average molecular weight is 254 g/mol.